The van der Waals surface area contributed by atoms with E-state index in [1.165, 1.54) is 13.2 Å². The van der Waals surface area contributed by atoms with E-state index in [0.29, 0.717) is 16.4 Å². The van der Waals surface area contributed by atoms with E-state index in [4.69, 9.17) is 21.4 Å². The van der Waals surface area contributed by atoms with Crippen LogP contribution < -0.4 is 10.6 Å². The maximum atomic E-state index is 12.2. The number of nitrogens with zero attached hydrogens (tertiary/aromatic N) is 1. The molecule has 1 aliphatic rings. The normalized spacial score (nSPS) is 14.0. The third kappa shape index (κ3) is 4.10. The highest BCUT2D eigenvalue weighted by molar-refractivity contribution is 6.31. The first-order valence-corrected chi connectivity index (χ1v) is 7.37. The second-order valence-corrected chi connectivity index (χ2v) is 5.31. The first kappa shape index (κ1) is 17.9. The largest absolute Gasteiger partial charge is 0.395 e. The molecule has 1 aromatic rings. The molecule has 9 heteroatoms. The number of methoxy groups -OCH3 is 1. The van der Waals surface area contributed by atoms with E-state index in [2.05, 4.69) is 10.6 Å². The van der Waals surface area contributed by atoms with E-state index in [0.717, 1.165) is 11.0 Å². The number of aliphatic hydroxyl groups excluding tert-OH is 1. The van der Waals surface area contributed by atoms with Gasteiger partial charge in [-0.05, 0) is 18.2 Å². The van der Waals surface area contributed by atoms with E-state index >= 15 is 0 Å². The Bertz CT molecular complexity index is 704. The van der Waals surface area contributed by atoms with Crippen molar-refractivity contribution in [2.24, 2.45) is 0 Å². The lowest BCUT2D eigenvalue weighted by atomic mass is 10.2. The summed E-state index contributed by atoms with van der Waals surface area (Å²) in [5.74, 6) is -1.47. The molecule has 1 aromatic carbocycles. The molecule has 3 N–H and O–H groups in total. The fourth-order valence-electron chi connectivity index (χ4n) is 2.10. The summed E-state index contributed by atoms with van der Waals surface area (Å²) in [6.45, 7) is -0.549. The summed E-state index contributed by atoms with van der Waals surface area (Å²) in [7, 11) is 1.39. The van der Waals surface area contributed by atoms with E-state index < -0.39 is 11.8 Å². The minimum atomic E-state index is -0.566. The van der Waals surface area contributed by atoms with Gasteiger partial charge in [0.25, 0.3) is 11.8 Å². The molecule has 1 heterocycles. The highest BCUT2D eigenvalue weighted by Gasteiger charge is 2.31. The van der Waals surface area contributed by atoms with Crippen LogP contribution >= 0.6 is 11.6 Å². The molecule has 0 atom stereocenters. The molecule has 0 unspecified atom stereocenters. The number of ether oxygens (including phenoxy) is 1. The van der Waals surface area contributed by atoms with Crippen molar-refractivity contribution < 1.29 is 24.2 Å². The predicted octanol–water partition coefficient (Wildman–Crippen LogP) is 0.582. The van der Waals surface area contributed by atoms with Crippen molar-refractivity contribution in [3.05, 3.63) is 35.0 Å². The van der Waals surface area contributed by atoms with Crippen LogP contribution in [0.4, 0.5) is 11.4 Å². The van der Waals surface area contributed by atoms with E-state index in [9.17, 15) is 14.4 Å². The first-order valence-electron chi connectivity index (χ1n) is 7.00. The molecule has 0 saturated heterocycles. The van der Waals surface area contributed by atoms with Crippen LogP contribution in [0.5, 0.6) is 0 Å². The topological polar surface area (TPSA) is 108 Å². The third-order valence-electron chi connectivity index (χ3n) is 3.13. The molecular formula is C15H16ClN3O5. The molecule has 0 bridgehead atoms. The lowest BCUT2D eigenvalue weighted by molar-refractivity contribution is -0.137. The SMILES string of the molecule is COCC(=O)Nc1ccc(Cl)cc1NC1=CC(=O)N(CCO)C1=O. The van der Waals surface area contributed by atoms with E-state index in [1.54, 1.807) is 12.1 Å². The molecular weight excluding hydrogens is 338 g/mol. The van der Waals surface area contributed by atoms with Gasteiger partial charge >= 0.3 is 0 Å². The molecule has 0 aromatic heterocycles. The highest BCUT2D eigenvalue weighted by atomic mass is 35.5. The molecule has 0 saturated carbocycles. The number of halogens is 1. The van der Waals surface area contributed by atoms with Gasteiger partial charge in [-0.25, -0.2) is 0 Å². The Labute approximate surface area is 143 Å². The lowest BCUT2D eigenvalue weighted by Crippen LogP contribution is -2.34. The molecule has 0 radical (unpaired) electrons. The van der Waals surface area contributed by atoms with Gasteiger partial charge in [-0.1, -0.05) is 11.6 Å². The number of carbonyl (C=O) groups is 3. The quantitative estimate of drug-likeness (QED) is 0.619. The van der Waals surface area contributed by atoms with Crippen molar-refractivity contribution in [1.29, 1.82) is 0 Å². The Morgan fingerprint density at radius 3 is 2.75 bits per heavy atom. The number of β-amino-alcohol motifs (C(OH)–C–C–N with tert-alkyl or cyclic N) is 1. The zero-order valence-electron chi connectivity index (χ0n) is 12.8. The fourth-order valence-corrected chi connectivity index (χ4v) is 2.27. The van der Waals surface area contributed by atoms with Crippen molar-refractivity contribution in [2.45, 2.75) is 0 Å². The van der Waals surface area contributed by atoms with E-state index in [1.807, 2.05) is 0 Å². The summed E-state index contributed by atoms with van der Waals surface area (Å²) in [6, 6.07) is 4.64. The molecule has 24 heavy (non-hydrogen) atoms. The first-order chi connectivity index (χ1) is 11.5. The molecule has 3 amide bonds. The van der Waals surface area contributed by atoms with Crippen molar-refractivity contribution in [2.75, 3.05) is 37.5 Å². The van der Waals surface area contributed by atoms with Gasteiger partial charge in [0, 0.05) is 18.2 Å². The molecule has 2 rings (SSSR count). The van der Waals surface area contributed by atoms with Crippen molar-refractivity contribution in [3.8, 4) is 0 Å². The number of hydrogen-bond donors (Lipinski definition) is 3. The zero-order chi connectivity index (χ0) is 17.7. The molecule has 0 fully saturated rings. The number of benzene rings is 1. The van der Waals surface area contributed by atoms with E-state index in [-0.39, 0.29) is 31.4 Å². The smallest absolute Gasteiger partial charge is 0.277 e. The summed E-state index contributed by atoms with van der Waals surface area (Å²) in [6.07, 6.45) is 1.12. The molecule has 0 spiro atoms. The predicted molar refractivity (Wildman–Crippen MR) is 87.5 cm³/mol. The van der Waals surface area contributed by atoms with Gasteiger partial charge in [0.2, 0.25) is 5.91 Å². The standard InChI is InChI=1S/C15H16ClN3O5/c1-24-8-13(21)18-10-3-2-9(16)6-11(10)17-12-7-14(22)19(4-5-20)15(12)23/h2-3,6-7,17,20H,4-5,8H2,1H3,(H,18,21). The maximum Gasteiger partial charge on any atom is 0.277 e. The summed E-state index contributed by atoms with van der Waals surface area (Å²) >= 11 is 5.95. The Kier molecular flexibility index (Phi) is 5.91. The second kappa shape index (κ2) is 7.91. The van der Waals surface area contributed by atoms with Gasteiger partial charge in [0.1, 0.15) is 12.3 Å². The van der Waals surface area contributed by atoms with Crippen molar-refractivity contribution >= 4 is 40.7 Å². The summed E-state index contributed by atoms with van der Waals surface area (Å²) in [5.41, 5.74) is 0.756. The Morgan fingerprint density at radius 2 is 2.08 bits per heavy atom. The number of imide groups is 1. The minimum absolute atomic E-state index is 0.0259. The van der Waals surface area contributed by atoms with Crippen LogP contribution in [0, 0.1) is 0 Å². The van der Waals surface area contributed by atoms with Gasteiger partial charge in [-0.2, -0.15) is 0 Å². The van der Waals surface area contributed by atoms with Gasteiger partial charge in [0.15, 0.2) is 0 Å². The summed E-state index contributed by atoms with van der Waals surface area (Å²) in [4.78, 5) is 36.5. The average molecular weight is 354 g/mol. The highest BCUT2D eigenvalue weighted by Crippen LogP contribution is 2.28. The van der Waals surface area contributed by atoms with Gasteiger partial charge in [0.05, 0.1) is 24.5 Å². The Morgan fingerprint density at radius 1 is 1.33 bits per heavy atom. The number of nitrogens with one attached hydrogen (secondary N) is 2. The summed E-state index contributed by atoms with van der Waals surface area (Å²) in [5, 5.41) is 14.7. The van der Waals surface area contributed by atoms with Gasteiger partial charge in [-0.15, -0.1) is 0 Å². The summed E-state index contributed by atoms with van der Waals surface area (Å²) < 4.78 is 4.75. The Balaban J connectivity index is 2.21. The number of hydrogen-bond acceptors (Lipinski definition) is 6. The molecule has 8 nitrogen and oxygen atoms in total. The lowest BCUT2D eigenvalue weighted by Gasteiger charge is -2.16. The number of rotatable bonds is 7. The Hall–Kier alpha value is -2.42. The van der Waals surface area contributed by atoms with Gasteiger partial charge in [-0.3, -0.25) is 19.3 Å². The number of amides is 3. The van der Waals surface area contributed by atoms with Crippen molar-refractivity contribution in [3.63, 3.8) is 0 Å². The fraction of sp³-hybridized carbons (Fsp3) is 0.267. The average Bonchev–Trinajstić information content (AvgIpc) is 2.78. The second-order valence-electron chi connectivity index (χ2n) is 4.87. The number of aliphatic hydroxyl groups is 1. The number of anilines is 2. The molecule has 1 aliphatic heterocycles. The van der Waals surface area contributed by atoms with Crippen LogP contribution in [-0.2, 0) is 19.1 Å². The van der Waals surface area contributed by atoms with Crippen LogP contribution in [-0.4, -0.2) is 54.6 Å². The minimum Gasteiger partial charge on any atom is -0.395 e. The van der Waals surface area contributed by atoms with Crippen LogP contribution in [0.3, 0.4) is 0 Å². The number of carbonyl (C=O) groups excluding carboxylic acids is 3. The third-order valence-corrected chi connectivity index (χ3v) is 3.37. The maximum absolute atomic E-state index is 12.2. The van der Waals surface area contributed by atoms with Crippen LogP contribution in [0.1, 0.15) is 0 Å². The zero-order valence-corrected chi connectivity index (χ0v) is 13.6. The van der Waals surface area contributed by atoms with Crippen LogP contribution in [0.2, 0.25) is 5.02 Å². The molecule has 128 valence electrons. The molecule has 0 aliphatic carbocycles. The van der Waals surface area contributed by atoms with Crippen molar-refractivity contribution in [1.82, 2.24) is 4.90 Å². The van der Waals surface area contributed by atoms with Gasteiger partial charge < -0.3 is 20.5 Å². The monoisotopic (exact) mass is 353 g/mol. The van der Waals surface area contributed by atoms with Crippen LogP contribution in [0.15, 0.2) is 30.0 Å². The van der Waals surface area contributed by atoms with Crippen LogP contribution in [0.25, 0.3) is 0 Å².